The van der Waals surface area contributed by atoms with E-state index in [0.717, 1.165) is 55.0 Å². The van der Waals surface area contributed by atoms with E-state index in [1.54, 1.807) is 0 Å². The summed E-state index contributed by atoms with van der Waals surface area (Å²) in [6, 6.07) is 21.0. The molecule has 0 aliphatic carbocycles. The predicted molar refractivity (Wildman–Crippen MR) is 121 cm³/mol. The summed E-state index contributed by atoms with van der Waals surface area (Å²) in [6.45, 7) is 4.78. The van der Waals surface area contributed by atoms with Gasteiger partial charge in [0.05, 0.1) is 11.7 Å². The first-order chi connectivity index (χ1) is 14.2. The molecule has 1 atom stereocenters. The van der Waals surface area contributed by atoms with Crippen molar-refractivity contribution in [3.63, 3.8) is 0 Å². The molecule has 5 nitrogen and oxygen atoms in total. The standard InChI is InChI=1S/C23H28ClN5/c1-25-17-20(29-15-13-28(14-16-29)19-11-7-4-8-12-19)21-22(24)27(2)23(26-21)18-9-5-3-6-10-18/h3-12,20,25H,13-17H2,1-2H3. The summed E-state index contributed by atoms with van der Waals surface area (Å²) in [5, 5.41) is 4.06. The number of aromatic nitrogens is 2. The van der Waals surface area contributed by atoms with Crippen LogP contribution in [0.1, 0.15) is 11.7 Å². The third kappa shape index (κ3) is 4.17. The van der Waals surface area contributed by atoms with Crippen molar-refractivity contribution in [3.05, 3.63) is 71.5 Å². The first kappa shape index (κ1) is 20.0. The Morgan fingerprint density at radius 2 is 1.59 bits per heavy atom. The highest BCUT2D eigenvalue weighted by molar-refractivity contribution is 6.30. The molecule has 3 aromatic rings. The monoisotopic (exact) mass is 409 g/mol. The van der Waals surface area contributed by atoms with Gasteiger partial charge in [0.1, 0.15) is 11.0 Å². The molecule has 0 radical (unpaired) electrons. The summed E-state index contributed by atoms with van der Waals surface area (Å²) < 4.78 is 2.00. The number of likely N-dealkylation sites (N-methyl/N-ethyl adjacent to an activating group) is 1. The van der Waals surface area contributed by atoms with Crippen LogP contribution in [-0.2, 0) is 7.05 Å². The highest BCUT2D eigenvalue weighted by atomic mass is 35.5. The van der Waals surface area contributed by atoms with E-state index in [0.29, 0.717) is 0 Å². The average molecular weight is 410 g/mol. The van der Waals surface area contributed by atoms with Crippen LogP contribution in [0.3, 0.4) is 0 Å². The van der Waals surface area contributed by atoms with Gasteiger partial charge in [0.25, 0.3) is 0 Å². The minimum absolute atomic E-state index is 0.147. The molecule has 0 amide bonds. The van der Waals surface area contributed by atoms with E-state index in [1.165, 1.54) is 5.69 Å². The number of anilines is 1. The van der Waals surface area contributed by atoms with Gasteiger partial charge >= 0.3 is 0 Å². The Morgan fingerprint density at radius 1 is 0.966 bits per heavy atom. The molecule has 2 heterocycles. The van der Waals surface area contributed by atoms with Gasteiger partial charge in [-0.05, 0) is 19.2 Å². The van der Waals surface area contributed by atoms with Gasteiger partial charge in [-0.15, -0.1) is 0 Å². The topological polar surface area (TPSA) is 36.3 Å². The number of imidazole rings is 1. The lowest BCUT2D eigenvalue weighted by molar-refractivity contribution is 0.181. The van der Waals surface area contributed by atoms with Crippen LogP contribution in [0.4, 0.5) is 5.69 Å². The molecule has 1 N–H and O–H groups in total. The molecule has 1 saturated heterocycles. The zero-order valence-electron chi connectivity index (χ0n) is 17.1. The molecular formula is C23H28ClN5. The molecule has 4 rings (SSSR count). The van der Waals surface area contributed by atoms with Crippen molar-refractivity contribution in [1.29, 1.82) is 0 Å². The molecule has 1 fully saturated rings. The molecular weight excluding hydrogens is 382 g/mol. The Bertz CT molecular complexity index is 917. The van der Waals surface area contributed by atoms with Gasteiger partial charge in [0.15, 0.2) is 0 Å². The molecule has 0 spiro atoms. The van der Waals surface area contributed by atoms with Crippen molar-refractivity contribution >= 4 is 17.3 Å². The molecule has 2 aromatic carbocycles. The molecule has 1 aromatic heterocycles. The fourth-order valence-electron chi connectivity index (χ4n) is 4.08. The van der Waals surface area contributed by atoms with Crippen molar-refractivity contribution in [2.75, 3.05) is 44.7 Å². The zero-order chi connectivity index (χ0) is 20.2. The Hall–Kier alpha value is -2.34. The third-order valence-corrected chi connectivity index (χ3v) is 6.12. The second-order valence-electron chi connectivity index (χ2n) is 7.47. The van der Waals surface area contributed by atoms with Crippen LogP contribution in [0.5, 0.6) is 0 Å². The van der Waals surface area contributed by atoms with Gasteiger partial charge in [0.2, 0.25) is 0 Å². The Labute approximate surface area is 177 Å². The molecule has 1 unspecified atom stereocenters. The normalized spacial score (nSPS) is 16.2. The average Bonchev–Trinajstić information content (AvgIpc) is 3.08. The fraction of sp³-hybridized carbons (Fsp3) is 0.348. The zero-order valence-corrected chi connectivity index (χ0v) is 17.8. The summed E-state index contributed by atoms with van der Waals surface area (Å²) >= 11 is 6.77. The first-order valence-corrected chi connectivity index (χ1v) is 10.5. The smallest absolute Gasteiger partial charge is 0.141 e. The summed E-state index contributed by atoms with van der Waals surface area (Å²) in [7, 11) is 3.98. The maximum absolute atomic E-state index is 6.77. The maximum atomic E-state index is 6.77. The van der Waals surface area contributed by atoms with E-state index >= 15 is 0 Å². The summed E-state index contributed by atoms with van der Waals surface area (Å²) in [5.41, 5.74) is 3.33. The van der Waals surface area contributed by atoms with Crippen LogP contribution >= 0.6 is 11.6 Å². The minimum Gasteiger partial charge on any atom is -0.369 e. The lowest BCUT2D eigenvalue weighted by atomic mass is 10.1. The van der Waals surface area contributed by atoms with Gasteiger partial charge in [-0.1, -0.05) is 60.1 Å². The third-order valence-electron chi connectivity index (χ3n) is 5.67. The van der Waals surface area contributed by atoms with E-state index in [4.69, 9.17) is 16.6 Å². The SMILES string of the molecule is CNCC(c1nc(-c2ccccc2)n(C)c1Cl)N1CCN(c2ccccc2)CC1. The number of para-hydroxylation sites is 1. The molecule has 1 aliphatic rings. The second kappa shape index (κ2) is 8.99. The van der Waals surface area contributed by atoms with Crippen LogP contribution in [0, 0.1) is 0 Å². The summed E-state index contributed by atoms with van der Waals surface area (Å²) in [6.07, 6.45) is 0. The molecule has 0 saturated carbocycles. The van der Waals surface area contributed by atoms with Gasteiger partial charge in [-0.25, -0.2) is 4.98 Å². The van der Waals surface area contributed by atoms with Gasteiger partial charge in [0, 0.05) is 51.0 Å². The number of halogens is 1. The lowest BCUT2D eigenvalue weighted by Crippen LogP contribution is -2.49. The Kier molecular flexibility index (Phi) is 6.19. The van der Waals surface area contributed by atoms with E-state index < -0.39 is 0 Å². The molecule has 1 aliphatic heterocycles. The predicted octanol–water partition coefficient (Wildman–Crippen LogP) is 3.82. The van der Waals surface area contributed by atoms with Crippen molar-refractivity contribution in [2.45, 2.75) is 6.04 Å². The van der Waals surface area contributed by atoms with Crippen molar-refractivity contribution in [3.8, 4) is 11.4 Å². The van der Waals surface area contributed by atoms with Crippen molar-refractivity contribution in [2.24, 2.45) is 7.05 Å². The van der Waals surface area contributed by atoms with Crippen LogP contribution in [0.25, 0.3) is 11.4 Å². The summed E-state index contributed by atoms with van der Waals surface area (Å²) in [4.78, 5) is 9.93. The maximum Gasteiger partial charge on any atom is 0.141 e. The number of nitrogens with zero attached hydrogens (tertiary/aromatic N) is 4. The molecule has 6 heteroatoms. The molecule has 152 valence electrons. The van der Waals surface area contributed by atoms with Gasteiger partial charge < -0.3 is 14.8 Å². The lowest BCUT2D eigenvalue weighted by Gasteiger charge is -2.39. The molecule has 0 bridgehead atoms. The van der Waals surface area contributed by atoms with E-state index in [9.17, 15) is 0 Å². The number of benzene rings is 2. The van der Waals surface area contributed by atoms with Crippen LogP contribution in [0.2, 0.25) is 5.15 Å². The number of hydrogen-bond acceptors (Lipinski definition) is 4. The van der Waals surface area contributed by atoms with E-state index in [-0.39, 0.29) is 6.04 Å². The van der Waals surface area contributed by atoms with Gasteiger partial charge in [-0.2, -0.15) is 0 Å². The summed E-state index contributed by atoms with van der Waals surface area (Å²) in [5.74, 6) is 0.912. The number of rotatable bonds is 6. The Balaban J connectivity index is 1.56. The fourth-order valence-corrected chi connectivity index (χ4v) is 4.33. The second-order valence-corrected chi connectivity index (χ2v) is 7.83. The van der Waals surface area contributed by atoms with Gasteiger partial charge in [-0.3, -0.25) is 4.90 Å². The minimum atomic E-state index is 0.147. The number of piperazine rings is 1. The highest BCUT2D eigenvalue weighted by Gasteiger charge is 2.29. The Morgan fingerprint density at radius 3 is 2.21 bits per heavy atom. The van der Waals surface area contributed by atoms with Crippen LogP contribution in [0.15, 0.2) is 60.7 Å². The number of hydrogen-bond donors (Lipinski definition) is 1. The van der Waals surface area contributed by atoms with Crippen molar-refractivity contribution in [1.82, 2.24) is 19.8 Å². The van der Waals surface area contributed by atoms with Crippen LogP contribution < -0.4 is 10.2 Å². The number of nitrogens with one attached hydrogen (secondary N) is 1. The highest BCUT2D eigenvalue weighted by Crippen LogP contribution is 2.32. The first-order valence-electron chi connectivity index (χ1n) is 10.1. The van der Waals surface area contributed by atoms with E-state index in [2.05, 4.69) is 57.6 Å². The van der Waals surface area contributed by atoms with Crippen LogP contribution in [-0.4, -0.2) is 54.2 Å². The molecule has 29 heavy (non-hydrogen) atoms. The quantitative estimate of drug-likeness (QED) is 0.671. The van der Waals surface area contributed by atoms with Crippen molar-refractivity contribution < 1.29 is 0 Å². The van der Waals surface area contributed by atoms with E-state index in [1.807, 2.05) is 36.9 Å². The largest absolute Gasteiger partial charge is 0.369 e.